The van der Waals surface area contributed by atoms with E-state index in [9.17, 15) is 19.8 Å². The van der Waals surface area contributed by atoms with Crippen LogP contribution in [-0.4, -0.2) is 30.2 Å². The molecule has 3 radical (unpaired) electrons. The quantitative estimate of drug-likeness (QED) is 0.151. The van der Waals surface area contributed by atoms with Gasteiger partial charge in [-0.3, -0.25) is 9.59 Å². The molecule has 0 bridgehead atoms. The Morgan fingerprint density at radius 1 is 0.424 bits per heavy atom. The third-order valence-corrected chi connectivity index (χ3v) is 13.5. The fourth-order valence-electron chi connectivity index (χ4n) is 11.1. The van der Waals surface area contributed by atoms with Crippen LogP contribution in [-0.2, 0) is 0 Å². The van der Waals surface area contributed by atoms with Gasteiger partial charge in [-0.25, -0.2) is 0 Å². The van der Waals surface area contributed by atoms with Crippen LogP contribution in [0.3, 0.4) is 0 Å². The predicted octanol–water partition coefficient (Wildman–Crippen LogP) is 9.39. The third-order valence-electron chi connectivity index (χ3n) is 13.5. The summed E-state index contributed by atoms with van der Waals surface area (Å²) in [6.07, 6.45) is 1.43. The van der Waals surface area contributed by atoms with Gasteiger partial charge in [0.25, 0.3) is 0 Å². The number of hydrogen-bond acceptors (Lipinski definition) is 4. The van der Waals surface area contributed by atoms with Crippen molar-refractivity contribution in [2.45, 2.75) is 69.0 Å². The molecular formula is C53H47BNaO4. The zero-order chi connectivity index (χ0) is 37.7. The number of rotatable bonds is 0. The first-order chi connectivity index (χ1) is 27.4. The van der Waals surface area contributed by atoms with E-state index < -0.39 is 12.2 Å². The molecule has 0 spiro atoms. The molecule has 0 saturated heterocycles. The summed E-state index contributed by atoms with van der Waals surface area (Å²) in [5, 5.41) is 31.1. The number of carbonyl (C=O) groups is 2. The summed E-state index contributed by atoms with van der Waals surface area (Å²) >= 11 is 0. The van der Waals surface area contributed by atoms with E-state index in [0.29, 0.717) is 25.7 Å². The second kappa shape index (κ2) is 16.0. The molecule has 0 amide bonds. The smallest absolute Gasteiger partial charge is 1.00 e. The summed E-state index contributed by atoms with van der Waals surface area (Å²) in [4.78, 5) is 26.4. The minimum Gasteiger partial charge on any atom is -1.00 e. The molecule has 287 valence electrons. The number of aliphatic hydroxyl groups is 2. The van der Waals surface area contributed by atoms with Gasteiger partial charge in [0.1, 0.15) is 0 Å². The van der Waals surface area contributed by atoms with Crippen LogP contribution in [0.15, 0.2) is 146 Å². The van der Waals surface area contributed by atoms with Gasteiger partial charge in [-0.2, -0.15) is 0 Å². The monoisotopic (exact) mass is 782 g/mol. The normalized spacial score (nSPS) is 22.1. The maximum atomic E-state index is 13.2. The number of fused-ring (bicyclic) bond motifs is 18. The van der Waals surface area contributed by atoms with E-state index in [1.54, 1.807) is 0 Å². The first kappa shape index (κ1) is 40.9. The summed E-state index contributed by atoms with van der Waals surface area (Å²) in [5.74, 6) is 1.04. The van der Waals surface area contributed by atoms with Gasteiger partial charge in [0, 0.05) is 33.8 Å². The van der Waals surface area contributed by atoms with Crippen molar-refractivity contribution in [3.05, 3.63) is 190 Å². The second-order valence-electron chi connectivity index (χ2n) is 16.3. The molecule has 8 aromatic rings. The number of ketones is 2. The van der Waals surface area contributed by atoms with Gasteiger partial charge in [0.05, 0.1) is 12.2 Å². The van der Waals surface area contributed by atoms with Gasteiger partial charge in [-0.1, -0.05) is 153 Å². The van der Waals surface area contributed by atoms with Crippen molar-refractivity contribution in [1.29, 1.82) is 0 Å². The maximum Gasteiger partial charge on any atom is 1.00 e. The Balaban J connectivity index is 0.000000189. The Hall–Kier alpha value is -4.88. The summed E-state index contributed by atoms with van der Waals surface area (Å²) in [5.41, 5.74) is 8.30. The van der Waals surface area contributed by atoms with Crippen molar-refractivity contribution in [1.82, 2.24) is 0 Å². The van der Waals surface area contributed by atoms with Gasteiger partial charge in [-0.15, -0.1) is 0 Å². The predicted molar refractivity (Wildman–Crippen MR) is 240 cm³/mol. The van der Waals surface area contributed by atoms with E-state index in [-0.39, 0.29) is 83.5 Å². The topological polar surface area (TPSA) is 74.6 Å². The molecule has 12 rings (SSSR count). The van der Waals surface area contributed by atoms with E-state index in [2.05, 4.69) is 72.8 Å². The summed E-state index contributed by atoms with van der Waals surface area (Å²) in [6.45, 7) is 0. The van der Waals surface area contributed by atoms with Crippen LogP contribution in [0, 0.1) is 0 Å². The Kier molecular flexibility index (Phi) is 11.1. The standard InChI is InChI=1S/C26H22O2.C26H18O2.CH4.B.Na.H2.H/c2*27-23-13-22-20-12-10-16-6-2-4-8-18(16)26(20)24(28)14-21(22)19-11-9-15-5-1-3-7-17(15)25(19)23;;;;;/h1-12,21-24,27-28H,13-14H2;1-12,21-22H,13-14H2;1H4;;;1H;/q;;;;+1;;-1/i;;;;;1+1;. The fourth-order valence-corrected chi connectivity index (χ4v) is 11.1. The SMILES string of the molecule is C.O=C1CC2c3ccc4ccccc4c3C(=O)CC2c2ccc3ccccc3c21.OC1CC2c3ccc4ccccc4c3C(O)CC2c2ccc3ccccc3c21.[2HH].[B].[H-].[Na+]. The van der Waals surface area contributed by atoms with Crippen LogP contribution in [0.2, 0.25) is 0 Å². The molecule has 59 heavy (non-hydrogen) atoms. The molecule has 6 atom stereocenters. The van der Waals surface area contributed by atoms with Gasteiger partial charge in [0.2, 0.25) is 0 Å². The minimum atomic E-state index is -0.475. The first-order valence-electron chi connectivity index (χ1n) is 19.9. The maximum absolute atomic E-state index is 13.2. The number of benzene rings is 8. The number of Topliss-reactive ketones (excluding diaryl/α,β-unsaturated/α-hetero) is 2. The summed E-state index contributed by atoms with van der Waals surface area (Å²) in [6, 6.07) is 49.7. The zero-order valence-corrected chi connectivity index (χ0v) is 34.4. The molecule has 0 aliphatic heterocycles. The molecule has 0 aromatic heterocycles. The number of aliphatic hydroxyl groups excluding tert-OH is 2. The molecule has 0 fully saturated rings. The molecule has 0 saturated carbocycles. The van der Waals surface area contributed by atoms with Crippen molar-refractivity contribution in [3.8, 4) is 0 Å². The van der Waals surface area contributed by atoms with Crippen LogP contribution in [0.4, 0.5) is 0 Å². The zero-order valence-electron chi connectivity index (χ0n) is 33.4. The van der Waals surface area contributed by atoms with Crippen molar-refractivity contribution in [2.75, 3.05) is 0 Å². The van der Waals surface area contributed by atoms with Crippen LogP contribution in [0.25, 0.3) is 43.1 Å². The van der Waals surface area contributed by atoms with Crippen LogP contribution in [0.1, 0.15) is 126 Å². The van der Waals surface area contributed by atoms with E-state index in [1.165, 1.54) is 21.9 Å². The third kappa shape index (κ3) is 6.41. The van der Waals surface area contributed by atoms with Crippen molar-refractivity contribution in [3.63, 3.8) is 0 Å². The van der Waals surface area contributed by atoms with Crippen molar-refractivity contribution < 1.29 is 52.2 Å². The Morgan fingerprint density at radius 3 is 1.10 bits per heavy atom. The minimum absolute atomic E-state index is 0. The van der Waals surface area contributed by atoms with E-state index in [4.69, 9.17) is 0 Å². The molecule has 0 heterocycles. The van der Waals surface area contributed by atoms with Gasteiger partial charge < -0.3 is 11.6 Å². The number of hydrogen-bond donors (Lipinski definition) is 2. The number of carbonyl (C=O) groups excluding carboxylic acids is 2. The van der Waals surface area contributed by atoms with Crippen molar-refractivity contribution >= 4 is 63.1 Å². The molecule has 4 nitrogen and oxygen atoms in total. The van der Waals surface area contributed by atoms with Crippen molar-refractivity contribution in [2.24, 2.45) is 0 Å². The first-order valence-corrected chi connectivity index (χ1v) is 19.9. The molecule has 6 unspecified atom stereocenters. The Bertz CT molecular complexity index is 2770. The Morgan fingerprint density at radius 2 is 0.729 bits per heavy atom. The summed E-state index contributed by atoms with van der Waals surface area (Å²) < 4.78 is 0. The van der Waals surface area contributed by atoms with Gasteiger partial charge in [0.15, 0.2) is 11.6 Å². The summed E-state index contributed by atoms with van der Waals surface area (Å²) in [7, 11) is 0. The molecule has 4 aliphatic carbocycles. The second-order valence-corrected chi connectivity index (χ2v) is 16.3. The van der Waals surface area contributed by atoms with Crippen LogP contribution in [0.5, 0.6) is 0 Å². The van der Waals surface area contributed by atoms with Crippen LogP contribution >= 0.6 is 0 Å². The molecule has 4 aliphatic rings. The molecule has 6 heteroatoms. The van der Waals surface area contributed by atoms with E-state index in [0.717, 1.165) is 65.7 Å². The van der Waals surface area contributed by atoms with Crippen LogP contribution < -0.4 is 29.6 Å². The van der Waals surface area contributed by atoms with E-state index in [1.807, 2.05) is 72.8 Å². The average molecular weight is 783 g/mol. The average Bonchev–Trinajstić information content (AvgIpc) is 3.24. The molecular weight excluding hydrogens is 734 g/mol. The van der Waals surface area contributed by atoms with Gasteiger partial charge >= 0.3 is 29.6 Å². The van der Waals surface area contributed by atoms with Gasteiger partial charge in [-0.05, 0) is 113 Å². The van der Waals surface area contributed by atoms with E-state index >= 15 is 0 Å². The Labute approximate surface area is 372 Å². The fraction of sp³-hybridized carbons (Fsp3) is 0.208. The molecule has 8 aromatic carbocycles. The molecule has 2 N–H and O–H groups in total. The largest absolute Gasteiger partial charge is 1.00 e.